The van der Waals surface area contributed by atoms with Gasteiger partial charge in [0.1, 0.15) is 6.61 Å². The summed E-state index contributed by atoms with van der Waals surface area (Å²) in [5, 5.41) is 8.16. The number of allylic oxidation sites excluding steroid dienone is 1. The molecule has 0 aromatic carbocycles. The highest BCUT2D eigenvalue weighted by atomic mass is 79.9. The van der Waals surface area contributed by atoms with Crippen molar-refractivity contribution in [1.82, 2.24) is 0 Å². The van der Waals surface area contributed by atoms with Crippen molar-refractivity contribution in [2.24, 2.45) is 0 Å². The van der Waals surface area contributed by atoms with Gasteiger partial charge < -0.3 is 5.11 Å². The zero-order valence-electron chi connectivity index (χ0n) is 4.45. The molecule has 0 bridgehead atoms. The Morgan fingerprint density at radius 1 is 1.62 bits per heavy atom. The smallest absolute Gasteiger partial charge is 0.104 e. The third kappa shape index (κ3) is 5.74. The van der Waals surface area contributed by atoms with Gasteiger partial charge in [-0.05, 0) is 4.48 Å². The molecular weight excluding hydrogens is 168 g/mol. The fourth-order valence-electron chi connectivity index (χ4n) is 0.214. The molecule has 0 spiro atoms. The van der Waals surface area contributed by atoms with Crippen LogP contribution >= 0.6 is 15.9 Å². The number of hydrogen-bond acceptors (Lipinski definition) is 1. The monoisotopic (exact) mass is 174 g/mol. The lowest BCUT2D eigenvalue weighted by Gasteiger charge is -1.79. The van der Waals surface area contributed by atoms with Gasteiger partial charge in [0.25, 0.3) is 0 Å². The first-order valence-corrected chi connectivity index (χ1v) is 2.96. The number of halogens is 1. The summed E-state index contributed by atoms with van der Waals surface area (Å²) in [6, 6.07) is 0. The van der Waals surface area contributed by atoms with E-state index in [1.165, 1.54) is 0 Å². The van der Waals surface area contributed by atoms with E-state index in [0.29, 0.717) is 6.42 Å². The Labute approximate surface area is 57.5 Å². The van der Waals surface area contributed by atoms with E-state index in [1.807, 2.05) is 0 Å². The van der Waals surface area contributed by atoms with Gasteiger partial charge in [-0.25, -0.2) is 0 Å². The van der Waals surface area contributed by atoms with Crippen molar-refractivity contribution in [3.8, 4) is 11.8 Å². The molecule has 0 saturated heterocycles. The number of aliphatic hydroxyl groups is 1. The summed E-state index contributed by atoms with van der Waals surface area (Å²) in [6.07, 6.45) is 0.612. The zero-order valence-corrected chi connectivity index (χ0v) is 6.03. The zero-order chi connectivity index (χ0) is 6.41. The maximum Gasteiger partial charge on any atom is 0.104 e. The van der Waals surface area contributed by atoms with Crippen molar-refractivity contribution in [2.75, 3.05) is 6.61 Å². The van der Waals surface area contributed by atoms with Gasteiger partial charge in [0.2, 0.25) is 0 Å². The molecule has 0 saturated carbocycles. The third-order valence-electron chi connectivity index (χ3n) is 0.484. The summed E-state index contributed by atoms with van der Waals surface area (Å²) in [7, 11) is 0. The molecule has 0 aromatic rings. The van der Waals surface area contributed by atoms with E-state index < -0.39 is 0 Å². The number of hydrogen-bond donors (Lipinski definition) is 1. The van der Waals surface area contributed by atoms with Gasteiger partial charge in [0.15, 0.2) is 0 Å². The second-order valence-corrected chi connectivity index (χ2v) is 2.33. The van der Waals surface area contributed by atoms with E-state index >= 15 is 0 Å². The van der Waals surface area contributed by atoms with Crippen LogP contribution in [0.4, 0.5) is 0 Å². The van der Waals surface area contributed by atoms with E-state index in [9.17, 15) is 0 Å². The second-order valence-electron chi connectivity index (χ2n) is 1.21. The lowest BCUT2D eigenvalue weighted by Crippen LogP contribution is -1.71. The van der Waals surface area contributed by atoms with Gasteiger partial charge in [-0.1, -0.05) is 34.3 Å². The molecular formula is C6H7BrO. The minimum atomic E-state index is -0.0692. The van der Waals surface area contributed by atoms with Crippen molar-refractivity contribution in [3.05, 3.63) is 11.1 Å². The molecule has 1 N–H and O–H groups in total. The molecule has 0 heterocycles. The Kier molecular flexibility index (Phi) is 4.73. The van der Waals surface area contributed by atoms with E-state index in [-0.39, 0.29) is 6.61 Å². The predicted octanol–water partition coefficient (Wildman–Crippen LogP) is 1.28. The van der Waals surface area contributed by atoms with Crippen LogP contribution in [0, 0.1) is 11.8 Å². The fourth-order valence-corrected chi connectivity index (χ4v) is 0.354. The summed E-state index contributed by atoms with van der Waals surface area (Å²) in [6.45, 7) is 3.49. The minimum Gasteiger partial charge on any atom is -0.384 e. The van der Waals surface area contributed by atoms with Crippen LogP contribution in [0.2, 0.25) is 0 Å². The molecule has 8 heavy (non-hydrogen) atoms. The molecule has 2 heteroatoms. The summed E-state index contributed by atoms with van der Waals surface area (Å²) in [5.41, 5.74) is 0. The molecule has 1 nitrogen and oxygen atoms in total. The maximum atomic E-state index is 8.16. The molecule has 0 radical (unpaired) electrons. The first-order chi connectivity index (χ1) is 3.77. The molecule has 0 rings (SSSR count). The third-order valence-corrected chi connectivity index (χ3v) is 0.765. The Balaban J connectivity index is 3.29. The largest absolute Gasteiger partial charge is 0.384 e. The summed E-state index contributed by atoms with van der Waals surface area (Å²) >= 11 is 3.13. The van der Waals surface area contributed by atoms with Gasteiger partial charge in [0.05, 0.1) is 0 Å². The highest BCUT2D eigenvalue weighted by Crippen LogP contribution is 2.03. The topological polar surface area (TPSA) is 20.2 Å². The van der Waals surface area contributed by atoms with E-state index in [4.69, 9.17) is 5.11 Å². The standard InChI is InChI=1S/C6H7BrO/c1-6(7)4-2-3-5-8/h8H,1,4-5H2. The lowest BCUT2D eigenvalue weighted by atomic mass is 10.4. The van der Waals surface area contributed by atoms with Crippen LogP contribution in [-0.2, 0) is 0 Å². The van der Waals surface area contributed by atoms with Crippen LogP contribution in [0.1, 0.15) is 6.42 Å². The van der Waals surface area contributed by atoms with Gasteiger partial charge in [-0.2, -0.15) is 0 Å². The summed E-state index contributed by atoms with van der Waals surface area (Å²) < 4.78 is 0.846. The number of rotatable bonds is 1. The van der Waals surface area contributed by atoms with Crippen molar-refractivity contribution in [1.29, 1.82) is 0 Å². The first kappa shape index (κ1) is 7.74. The van der Waals surface area contributed by atoms with Crippen LogP contribution in [0.25, 0.3) is 0 Å². The first-order valence-electron chi connectivity index (χ1n) is 2.17. The molecule has 0 atom stereocenters. The lowest BCUT2D eigenvalue weighted by molar-refractivity contribution is 0.350. The van der Waals surface area contributed by atoms with Crippen LogP contribution < -0.4 is 0 Å². The van der Waals surface area contributed by atoms with Crippen LogP contribution in [-0.4, -0.2) is 11.7 Å². The van der Waals surface area contributed by atoms with Crippen LogP contribution in [0.5, 0.6) is 0 Å². The van der Waals surface area contributed by atoms with Crippen molar-refractivity contribution in [2.45, 2.75) is 6.42 Å². The SMILES string of the molecule is C=C(Br)CC#CCO. The van der Waals surface area contributed by atoms with Crippen LogP contribution in [0.3, 0.4) is 0 Å². The Morgan fingerprint density at radius 3 is 2.62 bits per heavy atom. The normalized spacial score (nSPS) is 7.25. The van der Waals surface area contributed by atoms with Crippen LogP contribution in [0.15, 0.2) is 11.1 Å². The van der Waals surface area contributed by atoms with Crippen molar-refractivity contribution >= 4 is 15.9 Å². The van der Waals surface area contributed by atoms with Gasteiger partial charge in [-0.3, -0.25) is 0 Å². The van der Waals surface area contributed by atoms with Gasteiger partial charge in [-0.15, -0.1) is 0 Å². The highest BCUT2D eigenvalue weighted by Gasteiger charge is 1.76. The van der Waals surface area contributed by atoms with Crippen molar-refractivity contribution in [3.63, 3.8) is 0 Å². The fraction of sp³-hybridized carbons (Fsp3) is 0.333. The quantitative estimate of drug-likeness (QED) is 0.595. The average Bonchev–Trinajstić information content (AvgIpc) is 1.66. The van der Waals surface area contributed by atoms with Gasteiger partial charge in [0, 0.05) is 6.42 Å². The second kappa shape index (κ2) is 4.89. The Hall–Kier alpha value is -0.260. The summed E-state index contributed by atoms with van der Waals surface area (Å²) in [4.78, 5) is 0. The minimum absolute atomic E-state index is 0.0692. The van der Waals surface area contributed by atoms with Gasteiger partial charge >= 0.3 is 0 Å². The Morgan fingerprint density at radius 2 is 2.25 bits per heavy atom. The maximum absolute atomic E-state index is 8.16. The molecule has 44 valence electrons. The molecule has 0 aliphatic rings. The molecule has 0 aliphatic carbocycles. The van der Waals surface area contributed by atoms with E-state index in [1.54, 1.807) is 0 Å². The molecule has 0 fully saturated rings. The van der Waals surface area contributed by atoms with E-state index in [0.717, 1.165) is 4.48 Å². The molecule has 0 unspecified atom stereocenters. The molecule has 0 aliphatic heterocycles. The Bertz CT molecular complexity index is 129. The molecule has 0 aromatic heterocycles. The van der Waals surface area contributed by atoms with E-state index in [2.05, 4.69) is 34.3 Å². The number of aliphatic hydroxyl groups excluding tert-OH is 1. The summed E-state index contributed by atoms with van der Waals surface area (Å²) in [5.74, 6) is 5.18. The average molecular weight is 175 g/mol. The molecule has 0 amide bonds. The predicted molar refractivity (Wildman–Crippen MR) is 37.5 cm³/mol. The highest BCUT2D eigenvalue weighted by molar-refractivity contribution is 9.11. The van der Waals surface area contributed by atoms with Crippen molar-refractivity contribution < 1.29 is 5.11 Å².